The number of hydrogen-bond acceptors (Lipinski definition) is 6. The molecule has 0 aromatic carbocycles. The molecule has 0 saturated heterocycles. The van der Waals surface area contributed by atoms with Crippen molar-refractivity contribution < 1.29 is 29.0 Å². The summed E-state index contributed by atoms with van der Waals surface area (Å²) in [6.07, 6.45) is 1.35. The van der Waals surface area contributed by atoms with E-state index in [2.05, 4.69) is 13.2 Å². The standard InChI is InChI=1S/C17H26O6.H3N/c1-6-7-17(16(20)21,8-10-22-14(18)12(2)3)9-11-23-15(19)13(4)5;/h2,4,6-11H2,1,3,5H3,(H,20,21);1H3. The minimum absolute atomic E-state index is 0. The molecular weight excluding hydrogens is 314 g/mol. The first kappa shape index (κ1) is 24.1. The summed E-state index contributed by atoms with van der Waals surface area (Å²) in [5, 5.41) is 9.59. The minimum atomic E-state index is -1.10. The van der Waals surface area contributed by atoms with E-state index in [-0.39, 0.29) is 43.4 Å². The third-order valence-corrected chi connectivity index (χ3v) is 3.51. The molecule has 0 heterocycles. The first-order valence-corrected chi connectivity index (χ1v) is 7.55. The molecule has 0 atom stereocenters. The van der Waals surface area contributed by atoms with Crippen LogP contribution in [0.15, 0.2) is 24.3 Å². The molecule has 0 rings (SSSR count). The van der Waals surface area contributed by atoms with Gasteiger partial charge < -0.3 is 20.7 Å². The number of carboxylic acids is 1. The van der Waals surface area contributed by atoms with Gasteiger partial charge >= 0.3 is 17.9 Å². The molecular formula is C17H29NO6. The molecule has 0 aliphatic rings. The number of carbonyl (C=O) groups excluding carboxylic acids is 2. The average Bonchev–Trinajstić information content (AvgIpc) is 2.46. The van der Waals surface area contributed by atoms with Gasteiger partial charge in [0.1, 0.15) is 0 Å². The zero-order valence-electron chi connectivity index (χ0n) is 14.9. The lowest BCUT2D eigenvalue weighted by molar-refractivity contribution is -0.156. The quantitative estimate of drug-likeness (QED) is 0.436. The first-order valence-electron chi connectivity index (χ1n) is 7.55. The molecule has 0 fully saturated rings. The molecule has 0 aromatic rings. The van der Waals surface area contributed by atoms with E-state index in [0.29, 0.717) is 12.8 Å². The van der Waals surface area contributed by atoms with Gasteiger partial charge in [0.25, 0.3) is 0 Å². The molecule has 4 N–H and O–H groups in total. The second-order valence-corrected chi connectivity index (χ2v) is 5.67. The van der Waals surface area contributed by atoms with Gasteiger partial charge in [-0.2, -0.15) is 0 Å². The Kier molecular flexibility index (Phi) is 11.4. The van der Waals surface area contributed by atoms with Crippen LogP contribution in [-0.4, -0.2) is 36.2 Å². The third-order valence-electron chi connectivity index (χ3n) is 3.51. The van der Waals surface area contributed by atoms with Crippen LogP contribution in [-0.2, 0) is 23.9 Å². The summed E-state index contributed by atoms with van der Waals surface area (Å²) in [4.78, 5) is 34.5. The number of carboxylic acid groups (broad SMARTS) is 1. The Morgan fingerprint density at radius 3 is 1.54 bits per heavy atom. The molecule has 7 heteroatoms. The maximum atomic E-state index is 11.7. The fourth-order valence-corrected chi connectivity index (χ4v) is 2.10. The van der Waals surface area contributed by atoms with Crippen molar-refractivity contribution in [2.45, 2.75) is 46.5 Å². The molecule has 0 spiro atoms. The maximum Gasteiger partial charge on any atom is 0.333 e. The number of aliphatic carboxylic acids is 1. The Hall–Kier alpha value is -2.15. The third kappa shape index (κ3) is 7.92. The topological polar surface area (TPSA) is 125 Å². The van der Waals surface area contributed by atoms with E-state index < -0.39 is 23.3 Å². The highest BCUT2D eigenvalue weighted by Crippen LogP contribution is 2.33. The summed E-state index contributed by atoms with van der Waals surface area (Å²) in [6.45, 7) is 11.8. The van der Waals surface area contributed by atoms with Crippen molar-refractivity contribution in [2.24, 2.45) is 5.41 Å². The van der Waals surface area contributed by atoms with Gasteiger partial charge in [0.15, 0.2) is 0 Å². The number of rotatable bonds is 11. The van der Waals surface area contributed by atoms with Gasteiger partial charge in [-0.05, 0) is 33.1 Å². The number of ether oxygens (including phenoxy) is 2. The minimum Gasteiger partial charge on any atom is -0.481 e. The SMILES string of the molecule is C=C(C)C(=O)OCCC(CCC)(CCOC(=O)C(=C)C)C(=O)O.N. The van der Waals surface area contributed by atoms with E-state index in [1.807, 2.05) is 6.92 Å². The van der Waals surface area contributed by atoms with Crippen molar-refractivity contribution in [1.82, 2.24) is 6.15 Å². The van der Waals surface area contributed by atoms with E-state index in [1.165, 1.54) is 13.8 Å². The van der Waals surface area contributed by atoms with Crippen LogP contribution in [0.1, 0.15) is 46.5 Å². The van der Waals surface area contributed by atoms with Crippen molar-refractivity contribution in [3.63, 3.8) is 0 Å². The van der Waals surface area contributed by atoms with Crippen LogP contribution in [0.4, 0.5) is 0 Å². The van der Waals surface area contributed by atoms with Crippen LogP contribution < -0.4 is 6.15 Å². The molecule has 0 aromatic heterocycles. The van der Waals surface area contributed by atoms with E-state index in [4.69, 9.17) is 9.47 Å². The summed E-state index contributed by atoms with van der Waals surface area (Å²) in [5.74, 6) is -2.08. The lowest BCUT2D eigenvalue weighted by Gasteiger charge is -2.28. The Morgan fingerprint density at radius 1 is 0.917 bits per heavy atom. The van der Waals surface area contributed by atoms with Crippen molar-refractivity contribution in [3.8, 4) is 0 Å². The maximum absolute atomic E-state index is 11.7. The predicted octanol–water partition coefficient (Wildman–Crippen LogP) is 3.04. The van der Waals surface area contributed by atoms with Crippen LogP contribution >= 0.6 is 0 Å². The molecule has 0 unspecified atom stereocenters. The van der Waals surface area contributed by atoms with Crippen LogP contribution in [0.3, 0.4) is 0 Å². The second-order valence-electron chi connectivity index (χ2n) is 5.67. The van der Waals surface area contributed by atoms with Crippen molar-refractivity contribution in [1.29, 1.82) is 0 Å². The van der Waals surface area contributed by atoms with E-state index in [1.54, 1.807) is 0 Å². The molecule has 138 valence electrons. The number of hydrogen-bond donors (Lipinski definition) is 2. The van der Waals surface area contributed by atoms with E-state index in [9.17, 15) is 19.5 Å². The Balaban J connectivity index is 0. The van der Waals surface area contributed by atoms with Crippen LogP contribution in [0.2, 0.25) is 0 Å². The van der Waals surface area contributed by atoms with E-state index >= 15 is 0 Å². The largest absolute Gasteiger partial charge is 0.481 e. The predicted molar refractivity (Wildman–Crippen MR) is 90.8 cm³/mol. The smallest absolute Gasteiger partial charge is 0.333 e. The molecule has 0 saturated carbocycles. The van der Waals surface area contributed by atoms with Gasteiger partial charge in [-0.25, -0.2) is 9.59 Å². The van der Waals surface area contributed by atoms with Crippen LogP contribution in [0, 0.1) is 5.41 Å². The van der Waals surface area contributed by atoms with E-state index in [0.717, 1.165) is 0 Å². The summed E-state index contributed by atoms with van der Waals surface area (Å²) < 4.78 is 9.99. The summed E-state index contributed by atoms with van der Waals surface area (Å²) in [7, 11) is 0. The van der Waals surface area contributed by atoms with Gasteiger partial charge in [0.2, 0.25) is 0 Å². The van der Waals surface area contributed by atoms with Crippen molar-refractivity contribution in [2.75, 3.05) is 13.2 Å². The Morgan fingerprint density at radius 2 is 1.29 bits per heavy atom. The zero-order chi connectivity index (χ0) is 18.0. The normalized spacial score (nSPS) is 10.3. The first-order chi connectivity index (χ1) is 10.7. The summed E-state index contributed by atoms with van der Waals surface area (Å²) in [5.41, 5.74) is -0.576. The molecule has 0 aliphatic heterocycles. The van der Waals surface area contributed by atoms with Crippen LogP contribution in [0.25, 0.3) is 0 Å². The number of carbonyl (C=O) groups is 3. The van der Waals surface area contributed by atoms with Crippen molar-refractivity contribution in [3.05, 3.63) is 24.3 Å². The molecule has 0 amide bonds. The summed E-state index contributed by atoms with van der Waals surface area (Å²) in [6, 6.07) is 0. The van der Waals surface area contributed by atoms with Gasteiger partial charge in [0.05, 0.1) is 18.6 Å². The average molecular weight is 343 g/mol. The van der Waals surface area contributed by atoms with Gasteiger partial charge in [0, 0.05) is 11.1 Å². The fourth-order valence-electron chi connectivity index (χ4n) is 2.10. The highest BCUT2D eigenvalue weighted by atomic mass is 16.5. The molecule has 0 bridgehead atoms. The molecule has 24 heavy (non-hydrogen) atoms. The number of esters is 2. The zero-order valence-corrected chi connectivity index (χ0v) is 14.9. The lowest BCUT2D eigenvalue weighted by atomic mass is 9.77. The highest BCUT2D eigenvalue weighted by Gasteiger charge is 2.37. The molecule has 0 aliphatic carbocycles. The molecule has 7 nitrogen and oxygen atoms in total. The molecule has 0 radical (unpaired) electrons. The summed E-state index contributed by atoms with van der Waals surface area (Å²) >= 11 is 0. The van der Waals surface area contributed by atoms with Gasteiger partial charge in [-0.3, -0.25) is 4.79 Å². The van der Waals surface area contributed by atoms with Gasteiger partial charge in [-0.15, -0.1) is 0 Å². The fraction of sp³-hybridized carbons (Fsp3) is 0.588. The monoisotopic (exact) mass is 343 g/mol. The van der Waals surface area contributed by atoms with Crippen molar-refractivity contribution >= 4 is 17.9 Å². The van der Waals surface area contributed by atoms with Gasteiger partial charge in [-0.1, -0.05) is 26.5 Å². The lowest BCUT2D eigenvalue weighted by Crippen LogP contribution is -2.34. The Labute approximate surface area is 143 Å². The second kappa shape index (κ2) is 11.4. The van der Waals surface area contributed by atoms with Crippen LogP contribution in [0.5, 0.6) is 0 Å². The highest BCUT2D eigenvalue weighted by molar-refractivity contribution is 5.87. The Bertz CT molecular complexity index is 451.